The molecule has 0 aliphatic rings. The highest BCUT2D eigenvalue weighted by Crippen LogP contribution is 2.20. The van der Waals surface area contributed by atoms with E-state index in [2.05, 4.69) is 22.0 Å². The zero-order valence-electron chi connectivity index (χ0n) is 7.77. The Hall–Kier alpha value is -0.880. The summed E-state index contributed by atoms with van der Waals surface area (Å²) < 4.78 is -0.513. The van der Waals surface area contributed by atoms with Crippen LogP contribution < -0.4 is 0 Å². The maximum atomic E-state index is 11.5. The summed E-state index contributed by atoms with van der Waals surface area (Å²) in [5.74, 6) is -0.138. The number of Topliss-reactive ketones (excluding diaryl/α,β-unsaturated/α-hetero) is 1. The molecule has 79 valence electrons. The van der Waals surface area contributed by atoms with Crippen molar-refractivity contribution in [3.63, 3.8) is 0 Å². The fourth-order valence-electron chi connectivity index (χ4n) is 0.945. The summed E-state index contributed by atoms with van der Waals surface area (Å²) in [5.41, 5.74) is 0.353. The number of carbonyl (C=O) groups is 1. The van der Waals surface area contributed by atoms with Gasteiger partial charge in [-0.3, -0.25) is 14.9 Å². The fourth-order valence-corrected chi connectivity index (χ4v) is 1.66. The van der Waals surface area contributed by atoms with E-state index in [-0.39, 0.29) is 10.6 Å². The first-order valence-corrected chi connectivity index (χ1v) is 5.72. The van der Waals surface area contributed by atoms with Gasteiger partial charge in [0, 0.05) is 5.56 Å². The SMILES string of the molecule is CC(Br)C(=O)c1[c]ccc(S[N+](=O)[O-])c1. The molecular formula is C9H7BrNO3S. The normalized spacial score (nSPS) is 12.1. The van der Waals surface area contributed by atoms with Crippen LogP contribution in [-0.2, 0) is 0 Å². The van der Waals surface area contributed by atoms with Gasteiger partial charge >= 0.3 is 0 Å². The summed E-state index contributed by atoms with van der Waals surface area (Å²) in [4.78, 5) is 21.9. The van der Waals surface area contributed by atoms with E-state index >= 15 is 0 Å². The van der Waals surface area contributed by atoms with Crippen LogP contribution >= 0.6 is 27.9 Å². The van der Waals surface area contributed by atoms with Gasteiger partial charge in [0.15, 0.2) is 5.78 Å². The molecule has 0 saturated carbocycles. The third kappa shape index (κ3) is 3.64. The maximum absolute atomic E-state index is 11.5. The highest BCUT2D eigenvalue weighted by atomic mass is 79.9. The van der Waals surface area contributed by atoms with Gasteiger partial charge in [-0.2, -0.15) is 0 Å². The molecule has 1 radical (unpaired) electrons. The zero-order valence-corrected chi connectivity index (χ0v) is 10.2. The number of nitro groups is 1. The zero-order chi connectivity index (χ0) is 11.4. The first kappa shape index (κ1) is 12.2. The second-order valence-corrected chi connectivity index (χ2v) is 5.06. The summed E-state index contributed by atoms with van der Waals surface area (Å²) >= 11 is 3.62. The third-order valence-electron chi connectivity index (χ3n) is 1.58. The maximum Gasteiger partial charge on any atom is 0.265 e. The van der Waals surface area contributed by atoms with Crippen molar-refractivity contribution < 1.29 is 9.12 Å². The number of rotatable bonds is 4. The lowest BCUT2D eigenvalue weighted by Gasteiger charge is -2.02. The van der Waals surface area contributed by atoms with Crippen LogP contribution in [-0.4, -0.2) is 14.9 Å². The minimum Gasteiger partial charge on any atom is -0.293 e. The van der Waals surface area contributed by atoms with Crippen molar-refractivity contribution in [1.29, 1.82) is 0 Å². The van der Waals surface area contributed by atoms with Crippen LogP contribution in [0.2, 0.25) is 0 Å². The van der Waals surface area contributed by atoms with Gasteiger partial charge < -0.3 is 0 Å². The van der Waals surface area contributed by atoms with Gasteiger partial charge in [0.2, 0.25) is 0 Å². The van der Waals surface area contributed by atoms with E-state index < -0.39 is 4.33 Å². The van der Waals surface area contributed by atoms with E-state index in [1.165, 1.54) is 12.1 Å². The number of ketones is 1. The Morgan fingerprint density at radius 3 is 2.93 bits per heavy atom. The molecule has 1 rings (SSSR count). The molecular weight excluding hydrogens is 282 g/mol. The molecule has 6 heteroatoms. The van der Waals surface area contributed by atoms with Crippen molar-refractivity contribution in [3.8, 4) is 0 Å². The van der Waals surface area contributed by atoms with E-state index in [0.717, 1.165) is 0 Å². The summed E-state index contributed by atoms with van der Waals surface area (Å²) in [7, 11) is 0. The average molecular weight is 289 g/mol. The Morgan fingerprint density at radius 1 is 1.73 bits per heavy atom. The lowest BCUT2D eigenvalue weighted by atomic mass is 10.1. The van der Waals surface area contributed by atoms with Crippen LogP contribution in [0.15, 0.2) is 23.1 Å². The van der Waals surface area contributed by atoms with Crippen molar-refractivity contribution in [2.45, 2.75) is 16.6 Å². The van der Waals surface area contributed by atoms with E-state index in [9.17, 15) is 14.9 Å². The molecule has 0 fully saturated rings. The van der Waals surface area contributed by atoms with Crippen LogP contribution in [0, 0.1) is 16.2 Å². The van der Waals surface area contributed by atoms with E-state index in [1.54, 1.807) is 13.0 Å². The Balaban J connectivity index is 2.92. The third-order valence-corrected chi connectivity index (χ3v) is 2.61. The number of hydrogen-bond donors (Lipinski definition) is 0. The molecule has 4 nitrogen and oxygen atoms in total. The van der Waals surface area contributed by atoms with Crippen LogP contribution in [0.3, 0.4) is 0 Å². The van der Waals surface area contributed by atoms with Gasteiger partial charge in [-0.15, -0.1) is 0 Å². The highest BCUT2D eigenvalue weighted by Gasteiger charge is 2.14. The molecule has 0 spiro atoms. The summed E-state index contributed by atoms with van der Waals surface area (Å²) in [6.07, 6.45) is 0. The summed E-state index contributed by atoms with van der Waals surface area (Å²) in [6, 6.07) is 7.27. The lowest BCUT2D eigenvalue weighted by Crippen LogP contribution is -2.09. The first-order chi connectivity index (χ1) is 7.00. The van der Waals surface area contributed by atoms with Gasteiger partial charge in [0.25, 0.3) is 11.9 Å². The van der Waals surface area contributed by atoms with Crippen molar-refractivity contribution in [2.24, 2.45) is 0 Å². The first-order valence-electron chi connectivity index (χ1n) is 4.03. The van der Waals surface area contributed by atoms with E-state index in [0.29, 0.717) is 22.4 Å². The molecule has 0 aromatic heterocycles. The molecule has 1 atom stereocenters. The van der Waals surface area contributed by atoms with Crippen LogP contribution in [0.4, 0.5) is 0 Å². The molecule has 1 unspecified atom stereocenters. The van der Waals surface area contributed by atoms with Gasteiger partial charge in [-0.1, -0.05) is 22.0 Å². The molecule has 0 aliphatic heterocycles. The van der Waals surface area contributed by atoms with Crippen molar-refractivity contribution >= 4 is 33.7 Å². The van der Waals surface area contributed by atoms with Crippen LogP contribution in [0.1, 0.15) is 17.3 Å². The Kier molecular flexibility index (Phi) is 4.28. The number of hydrogen-bond acceptors (Lipinski definition) is 4. The number of nitrogens with zero attached hydrogens (tertiary/aromatic N) is 1. The molecule has 0 bridgehead atoms. The van der Waals surface area contributed by atoms with Crippen LogP contribution in [0.25, 0.3) is 0 Å². The van der Waals surface area contributed by atoms with Crippen molar-refractivity contribution in [3.05, 3.63) is 39.9 Å². The van der Waals surface area contributed by atoms with Gasteiger partial charge in [-0.05, 0) is 25.1 Å². The smallest absolute Gasteiger partial charge is 0.265 e. The molecule has 0 saturated heterocycles. The number of carbonyl (C=O) groups excluding carboxylic acids is 1. The second-order valence-electron chi connectivity index (χ2n) is 2.73. The average Bonchev–Trinajstić information content (AvgIpc) is 2.16. The molecule has 1 aromatic rings. The topological polar surface area (TPSA) is 60.2 Å². The van der Waals surface area contributed by atoms with E-state index in [4.69, 9.17) is 0 Å². The van der Waals surface area contributed by atoms with Crippen molar-refractivity contribution in [1.82, 2.24) is 0 Å². The molecule has 0 N–H and O–H groups in total. The Bertz CT molecular complexity index is 395. The summed E-state index contributed by atoms with van der Waals surface area (Å²) in [5, 5.41) is 10.2. The monoisotopic (exact) mass is 288 g/mol. The minimum atomic E-state index is -0.513. The van der Waals surface area contributed by atoms with Crippen molar-refractivity contribution in [2.75, 3.05) is 0 Å². The molecule has 0 heterocycles. The predicted molar refractivity (Wildman–Crippen MR) is 60.8 cm³/mol. The molecule has 0 amide bonds. The highest BCUT2D eigenvalue weighted by molar-refractivity contribution is 9.10. The number of alkyl halides is 1. The van der Waals surface area contributed by atoms with E-state index in [1.807, 2.05) is 0 Å². The summed E-state index contributed by atoms with van der Waals surface area (Å²) in [6.45, 7) is 1.70. The largest absolute Gasteiger partial charge is 0.293 e. The fraction of sp³-hybridized carbons (Fsp3) is 0.222. The Morgan fingerprint density at radius 2 is 2.40 bits per heavy atom. The van der Waals surface area contributed by atoms with Gasteiger partial charge in [-0.25, -0.2) is 0 Å². The number of benzene rings is 1. The number of halogens is 1. The Labute approximate surface area is 99.5 Å². The van der Waals surface area contributed by atoms with Gasteiger partial charge in [0.05, 0.1) is 9.72 Å². The predicted octanol–water partition coefficient (Wildman–Crippen LogP) is 2.74. The lowest BCUT2D eigenvalue weighted by molar-refractivity contribution is -0.284. The molecule has 0 aliphatic carbocycles. The quantitative estimate of drug-likeness (QED) is 0.281. The minimum absolute atomic E-state index is 0.138. The molecule has 1 aromatic carbocycles. The standard InChI is InChI=1S/C9H7BrNO3S/c1-6(10)9(12)7-3-2-4-8(5-7)15-11(13)14/h2,4-6H,1H3. The molecule has 15 heavy (non-hydrogen) atoms. The van der Waals surface area contributed by atoms with Gasteiger partial charge in [0.1, 0.15) is 4.33 Å². The van der Waals surface area contributed by atoms with Crippen LogP contribution in [0.5, 0.6) is 0 Å². The second kappa shape index (κ2) is 5.27.